The number of benzene rings is 1. The predicted molar refractivity (Wildman–Crippen MR) is 77.5 cm³/mol. The van der Waals surface area contributed by atoms with Crippen LogP contribution in [0.1, 0.15) is 23.0 Å². The lowest BCUT2D eigenvalue weighted by Crippen LogP contribution is -2.15. The molecule has 110 valence electrons. The molecule has 0 saturated carbocycles. The number of para-hydroxylation sites is 1. The molecule has 0 saturated heterocycles. The first-order valence-corrected chi connectivity index (χ1v) is 6.49. The summed E-state index contributed by atoms with van der Waals surface area (Å²) in [7, 11) is 1.68. The largest absolute Gasteiger partial charge is 0.373 e. The number of hydrogen-bond acceptors (Lipinski definition) is 3. The molecule has 0 aliphatic carbocycles. The summed E-state index contributed by atoms with van der Waals surface area (Å²) in [5, 5.41) is 5.10. The van der Waals surface area contributed by atoms with Gasteiger partial charge in [0.05, 0.1) is 0 Å². The van der Waals surface area contributed by atoms with E-state index in [4.69, 9.17) is 0 Å². The summed E-state index contributed by atoms with van der Waals surface area (Å²) in [5.74, 6) is -1.70. The summed E-state index contributed by atoms with van der Waals surface area (Å²) < 4.78 is 27.1. The number of aromatic nitrogens is 1. The SMILES string of the molecule is CCc1cc(C(=O)Nc2c(F)cccc2F)cc(NC)n1. The van der Waals surface area contributed by atoms with Crippen molar-refractivity contribution in [2.45, 2.75) is 13.3 Å². The molecule has 0 radical (unpaired) electrons. The van der Waals surface area contributed by atoms with Crippen LogP contribution in [0.2, 0.25) is 0 Å². The second kappa shape index (κ2) is 6.30. The van der Waals surface area contributed by atoms with Gasteiger partial charge >= 0.3 is 0 Å². The predicted octanol–water partition coefficient (Wildman–Crippen LogP) is 3.22. The number of pyridine rings is 1. The average Bonchev–Trinajstić information content (AvgIpc) is 2.50. The van der Waals surface area contributed by atoms with Gasteiger partial charge in [0.2, 0.25) is 0 Å². The minimum atomic E-state index is -0.818. The van der Waals surface area contributed by atoms with Gasteiger partial charge in [0.1, 0.15) is 23.1 Å². The third-order valence-corrected chi connectivity index (χ3v) is 2.96. The number of nitrogens with one attached hydrogen (secondary N) is 2. The average molecular weight is 291 g/mol. The quantitative estimate of drug-likeness (QED) is 0.909. The van der Waals surface area contributed by atoms with Crippen molar-refractivity contribution >= 4 is 17.4 Å². The summed E-state index contributed by atoms with van der Waals surface area (Å²) in [6, 6.07) is 6.52. The number of nitrogens with zero attached hydrogens (tertiary/aromatic N) is 1. The Morgan fingerprint density at radius 2 is 1.90 bits per heavy atom. The molecule has 2 aromatic rings. The van der Waals surface area contributed by atoms with Gasteiger partial charge in [0.25, 0.3) is 5.91 Å². The van der Waals surface area contributed by atoms with Crippen molar-refractivity contribution in [1.29, 1.82) is 0 Å². The minimum Gasteiger partial charge on any atom is -0.373 e. The molecule has 4 nitrogen and oxygen atoms in total. The van der Waals surface area contributed by atoms with E-state index in [1.165, 1.54) is 12.1 Å². The van der Waals surface area contributed by atoms with Crippen LogP contribution < -0.4 is 10.6 Å². The second-order valence-electron chi connectivity index (χ2n) is 4.39. The lowest BCUT2D eigenvalue weighted by molar-refractivity contribution is 0.102. The normalized spacial score (nSPS) is 10.3. The third-order valence-electron chi connectivity index (χ3n) is 2.96. The van der Waals surface area contributed by atoms with Gasteiger partial charge < -0.3 is 10.6 Å². The van der Waals surface area contributed by atoms with E-state index in [2.05, 4.69) is 15.6 Å². The second-order valence-corrected chi connectivity index (χ2v) is 4.39. The van der Waals surface area contributed by atoms with Crippen LogP contribution in [-0.2, 0) is 6.42 Å². The highest BCUT2D eigenvalue weighted by Crippen LogP contribution is 2.20. The van der Waals surface area contributed by atoms with Crippen LogP contribution in [0.5, 0.6) is 0 Å². The molecule has 0 fully saturated rings. The summed E-state index contributed by atoms with van der Waals surface area (Å²) in [4.78, 5) is 16.4. The summed E-state index contributed by atoms with van der Waals surface area (Å²) in [6.07, 6.45) is 0.643. The van der Waals surface area contributed by atoms with Gasteiger partial charge in [-0.2, -0.15) is 0 Å². The molecule has 2 rings (SSSR count). The van der Waals surface area contributed by atoms with E-state index >= 15 is 0 Å². The van der Waals surface area contributed by atoms with E-state index in [0.29, 0.717) is 17.9 Å². The highest BCUT2D eigenvalue weighted by Gasteiger charge is 2.14. The maximum absolute atomic E-state index is 13.5. The number of amides is 1. The Bertz CT molecular complexity index is 631. The van der Waals surface area contributed by atoms with Gasteiger partial charge in [-0.05, 0) is 30.7 Å². The van der Waals surface area contributed by atoms with Crippen LogP contribution in [-0.4, -0.2) is 17.9 Å². The molecule has 1 aromatic carbocycles. The molecular weight excluding hydrogens is 276 g/mol. The van der Waals surface area contributed by atoms with Gasteiger partial charge in [-0.1, -0.05) is 13.0 Å². The number of anilines is 2. The van der Waals surface area contributed by atoms with Crippen LogP contribution in [0.15, 0.2) is 30.3 Å². The van der Waals surface area contributed by atoms with Gasteiger partial charge in [-0.3, -0.25) is 4.79 Å². The number of hydrogen-bond donors (Lipinski definition) is 2. The summed E-state index contributed by atoms with van der Waals surface area (Å²) in [5.41, 5.74) is 0.540. The Labute approximate surface area is 121 Å². The van der Waals surface area contributed by atoms with Crippen LogP contribution >= 0.6 is 0 Å². The fourth-order valence-electron chi connectivity index (χ4n) is 1.83. The van der Waals surface area contributed by atoms with E-state index in [1.807, 2.05) is 6.92 Å². The van der Waals surface area contributed by atoms with Crippen molar-refractivity contribution in [2.24, 2.45) is 0 Å². The zero-order chi connectivity index (χ0) is 15.4. The molecule has 2 N–H and O–H groups in total. The molecule has 21 heavy (non-hydrogen) atoms. The van der Waals surface area contributed by atoms with Gasteiger partial charge in [-0.15, -0.1) is 0 Å². The first-order valence-electron chi connectivity index (χ1n) is 6.49. The van der Waals surface area contributed by atoms with E-state index in [9.17, 15) is 13.6 Å². The first kappa shape index (κ1) is 14.9. The monoisotopic (exact) mass is 291 g/mol. The zero-order valence-corrected chi connectivity index (χ0v) is 11.7. The number of carbonyl (C=O) groups excluding carboxylic acids is 1. The summed E-state index contributed by atoms with van der Waals surface area (Å²) >= 11 is 0. The molecule has 0 unspecified atom stereocenters. The molecule has 0 aliphatic rings. The molecule has 1 amide bonds. The van der Waals surface area contributed by atoms with Gasteiger partial charge in [0, 0.05) is 18.3 Å². The van der Waals surface area contributed by atoms with Crippen molar-refractivity contribution < 1.29 is 13.6 Å². The van der Waals surface area contributed by atoms with Crippen LogP contribution in [0.3, 0.4) is 0 Å². The van der Waals surface area contributed by atoms with E-state index < -0.39 is 23.2 Å². The maximum Gasteiger partial charge on any atom is 0.256 e. The Morgan fingerprint density at radius 1 is 1.24 bits per heavy atom. The number of aryl methyl sites for hydroxylation is 1. The van der Waals surface area contributed by atoms with Crippen LogP contribution in [0, 0.1) is 11.6 Å². The van der Waals surface area contributed by atoms with Gasteiger partial charge in [-0.25, -0.2) is 13.8 Å². The Morgan fingerprint density at radius 3 is 2.48 bits per heavy atom. The maximum atomic E-state index is 13.5. The van der Waals surface area contributed by atoms with Crippen molar-refractivity contribution in [3.05, 3.63) is 53.2 Å². The minimum absolute atomic E-state index is 0.286. The number of halogens is 2. The molecule has 0 aliphatic heterocycles. The highest BCUT2D eigenvalue weighted by atomic mass is 19.1. The molecule has 0 spiro atoms. The topological polar surface area (TPSA) is 54.0 Å². The first-order chi connectivity index (χ1) is 10.0. The fourth-order valence-corrected chi connectivity index (χ4v) is 1.83. The van der Waals surface area contributed by atoms with E-state index in [-0.39, 0.29) is 5.56 Å². The fraction of sp³-hybridized carbons (Fsp3) is 0.200. The van der Waals surface area contributed by atoms with Crippen molar-refractivity contribution in [2.75, 3.05) is 17.7 Å². The van der Waals surface area contributed by atoms with Gasteiger partial charge in [0.15, 0.2) is 0 Å². The summed E-state index contributed by atoms with van der Waals surface area (Å²) in [6.45, 7) is 1.90. The third kappa shape index (κ3) is 3.34. The lowest BCUT2D eigenvalue weighted by Gasteiger charge is -2.10. The van der Waals surface area contributed by atoms with E-state index in [0.717, 1.165) is 12.1 Å². The highest BCUT2D eigenvalue weighted by molar-refractivity contribution is 6.04. The Kier molecular flexibility index (Phi) is 4.47. The smallest absolute Gasteiger partial charge is 0.256 e. The molecule has 6 heteroatoms. The Hall–Kier alpha value is -2.50. The number of rotatable bonds is 4. The lowest BCUT2D eigenvalue weighted by atomic mass is 10.1. The molecule has 0 atom stereocenters. The molecule has 1 aromatic heterocycles. The van der Waals surface area contributed by atoms with Crippen LogP contribution in [0.4, 0.5) is 20.3 Å². The standard InChI is InChI=1S/C15H15F2N3O/c1-3-10-7-9(8-13(18-2)19-10)15(21)20-14-11(16)5-4-6-12(14)17/h4-8H,3H2,1-2H3,(H,18,19)(H,20,21). The molecular formula is C15H15F2N3O. The van der Waals surface area contributed by atoms with Crippen molar-refractivity contribution in [3.63, 3.8) is 0 Å². The van der Waals surface area contributed by atoms with Crippen LogP contribution in [0.25, 0.3) is 0 Å². The Balaban J connectivity index is 2.32. The molecule has 0 bridgehead atoms. The number of carbonyl (C=O) groups is 1. The zero-order valence-electron chi connectivity index (χ0n) is 11.7. The van der Waals surface area contributed by atoms with E-state index in [1.54, 1.807) is 13.1 Å². The van der Waals surface area contributed by atoms with Crippen molar-refractivity contribution in [3.8, 4) is 0 Å². The molecule has 1 heterocycles. The van der Waals surface area contributed by atoms with Crippen molar-refractivity contribution in [1.82, 2.24) is 4.98 Å².